The van der Waals surface area contributed by atoms with E-state index in [1.54, 1.807) is 0 Å². The van der Waals surface area contributed by atoms with Gasteiger partial charge in [-0.05, 0) is 47.8 Å². The van der Waals surface area contributed by atoms with Crippen molar-refractivity contribution in [3.05, 3.63) is 77.9 Å². The minimum atomic E-state index is -1.84. The van der Waals surface area contributed by atoms with Crippen LogP contribution in [0.2, 0.25) is 18.1 Å². The maximum absolute atomic E-state index is 12.4. The standard InChI is InChI=1S/C25H34O4Si/c1-8-12-21-17-19(18-28-30(6,7)25(2,3)4)15-16-22(21)29-23(24(26)27-5)20-13-10-9-11-14-20/h8-11,13-17,23H,1,12,18H2,2-7H3. The first-order valence-corrected chi connectivity index (χ1v) is 13.2. The molecule has 0 aliphatic heterocycles. The Balaban J connectivity index is 2.27. The third kappa shape index (κ3) is 6.06. The van der Waals surface area contributed by atoms with Crippen LogP contribution in [-0.2, 0) is 27.0 Å². The Bertz CT molecular complexity index is 853. The molecule has 0 aliphatic carbocycles. The second-order valence-corrected chi connectivity index (χ2v) is 13.7. The molecule has 0 saturated heterocycles. The Morgan fingerprint density at radius 2 is 1.80 bits per heavy atom. The summed E-state index contributed by atoms with van der Waals surface area (Å²) >= 11 is 0. The Morgan fingerprint density at radius 1 is 1.13 bits per heavy atom. The number of hydrogen-bond donors (Lipinski definition) is 0. The van der Waals surface area contributed by atoms with Crippen LogP contribution in [0.1, 0.15) is 43.6 Å². The number of rotatable bonds is 9. The van der Waals surface area contributed by atoms with Crippen LogP contribution in [0.15, 0.2) is 61.2 Å². The van der Waals surface area contributed by atoms with Gasteiger partial charge in [-0.15, -0.1) is 6.58 Å². The van der Waals surface area contributed by atoms with Gasteiger partial charge in [0.25, 0.3) is 0 Å². The molecule has 2 aromatic rings. The summed E-state index contributed by atoms with van der Waals surface area (Å²) in [5, 5.41) is 0.156. The summed E-state index contributed by atoms with van der Waals surface area (Å²) < 4.78 is 17.5. The lowest BCUT2D eigenvalue weighted by Crippen LogP contribution is -2.40. The lowest BCUT2D eigenvalue weighted by Gasteiger charge is -2.36. The van der Waals surface area contributed by atoms with Gasteiger partial charge in [0.15, 0.2) is 8.32 Å². The van der Waals surface area contributed by atoms with Crippen LogP contribution in [0.4, 0.5) is 0 Å². The lowest BCUT2D eigenvalue weighted by atomic mass is 10.1. The van der Waals surface area contributed by atoms with Gasteiger partial charge in [0.2, 0.25) is 6.10 Å². The fourth-order valence-electron chi connectivity index (χ4n) is 2.75. The summed E-state index contributed by atoms with van der Waals surface area (Å²) in [4.78, 5) is 12.4. The van der Waals surface area contributed by atoms with Crippen LogP contribution in [0, 0.1) is 0 Å². The van der Waals surface area contributed by atoms with Gasteiger partial charge in [0, 0.05) is 5.56 Å². The molecule has 0 saturated carbocycles. The van der Waals surface area contributed by atoms with Crippen molar-refractivity contribution in [2.24, 2.45) is 0 Å². The Morgan fingerprint density at radius 3 is 2.37 bits per heavy atom. The third-order valence-corrected chi connectivity index (χ3v) is 10.1. The van der Waals surface area contributed by atoms with Gasteiger partial charge < -0.3 is 13.9 Å². The summed E-state index contributed by atoms with van der Waals surface area (Å²) in [6.07, 6.45) is 1.64. The van der Waals surface area contributed by atoms with Gasteiger partial charge >= 0.3 is 5.97 Å². The van der Waals surface area contributed by atoms with E-state index >= 15 is 0 Å². The average molecular weight is 427 g/mol. The maximum Gasteiger partial charge on any atom is 0.351 e. The highest BCUT2D eigenvalue weighted by Crippen LogP contribution is 2.37. The molecule has 1 atom stereocenters. The minimum Gasteiger partial charge on any atom is -0.474 e. The van der Waals surface area contributed by atoms with E-state index in [1.165, 1.54) is 7.11 Å². The molecule has 0 spiro atoms. The minimum absolute atomic E-state index is 0.156. The SMILES string of the molecule is C=CCc1cc(CO[Si](C)(C)C(C)(C)C)ccc1OC(C(=O)OC)c1ccccc1. The molecule has 0 bridgehead atoms. The molecule has 2 aromatic carbocycles. The first-order valence-electron chi connectivity index (χ1n) is 10.2. The highest BCUT2D eigenvalue weighted by molar-refractivity contribution is 6.74. The summed E-state index contributed by atoms with van der Waals surface area (Å²) in [6.45, 7) is 15.6. The quantitative estimate of drug-likeness (QED) is 0.271. The number of methoxy groups -OCH3 is 1. The zero-order chi connectivity index (χ0) is 22.4. The lowest BCUT2D eigenvalue weighted by molar-refractivity contribution is -0.149. The van der Waals surface area contributed by atoms with E-state index in [4.69, 9.17) is 13.9 Å². The number of esters is 1. The summed E-state index contributed by atoms with van der Waals surface area (Å²) in [7, 11) is -0.471. The van der Waals surface area contributed by atoms with E-state index in [0.717, 1.165) is 16.7 Å². The molecular formula is C25H34O4Si. The van der Waals surface area contributed by atoms with Gasteiger partial charge in [-0.2, -0.15) is 0 Å². The van der Waals surface area contributed by atoms with Gasteiger partial charge in [-0.1, -0.05) is 63.2 Å². The normalized spacial score (nSPS) is 12.9. The van der Waals surface area contributed by atoms with Crippen molar-refractivity contribution in [1.82, 2.24) is 0 Å². The number of allylic oxidation sites excluding steroid dienone is 1. The number of carbonyl (C=O) groups is 1. The van der Waals surface area contributed by atoms with Gasteiger partial charge in [-0.3, -0.25) is 0 Å². The second kappa shape index (κ2) is 10.1. The molecule has 4 nitrogen and oxygen atoms in total. The highest BCUT2D eigenvalue weighted by atomic mass is 28.4. The molecule has 5 heteroatoms. The van der Waals surface area contributed by atoms with Crippen LogP contribution < -0.4 is 4.74 Å². The van der Waals surface area contributed by atoms with Crippen molar-refractivity contribution in [3.8, 4) is 5.75 Å². The summed E-state index contributed by atoms with van der Waals surface area (Å²) in [5.41, 5.74) is 2.80. The molecule has 0 amide bonds. The molecule has 2 rings (SSSR count). The Kier molecular flexibility index (Phi) is 8.04. The van der Waals surface area contributed by atoms with E-state index in [2.05, 4.69) is 46.5 Å². The Labute approximate surface area is 182 Å². The summed E-state index contributed by atoms with van der Waals surface area (Å²) in [5.74, 6) is 0.210. The molecule has 30 heavy (non-hydrogen) atoms. The van der Waals surface area contributed by atoms with Crippen molar-refractivity contribution in [1.29, 1.82) is 0 Å². The summed E-state index contributed by atoms with van der Waals surface area (Å²) in [6, 6.07) is 15.3. The van der Waals surface area contributed by atoms with Crippen molar-refractivity contribution in [2.45, 2.75) is 58.0 Å². The molecule has 0 fully saturated rings. The van der Waals surface area contributed by atoms with Crippen molar-refractivity contribution >= 4 is 14.3 Å². The van der Waals surface area contributed by atoms with E-state index in [1.807, 2.05) is 48.5 Å². The van der Waals surface area contributed by atoms with E-state index in [0.29, 0.717) is 18.8 Å². The van der Waals surface area contributed by atoms with Crippen molar-refractivity contribution in [2.75, 3.05) is 7.11 Å². The fourth-order valence-corrected chi connectivity index (χ4v) is 3.71. The number of carbonyl (C=O) groups excluding carboxylic acids is 1. The van der Waals surface area contributed by atoms with E-state index in [-0.39, 0.29) is 5.04 Å². The van der Waals surface area contributed by atoms with Gasteiger partial charge in [0.1, 0.15) is 5.75 Å². The molecule has 1 unspecified atom stereocenters. The zero-order valence-corrected chi connectivity index (χ0v) is 20.0. The largest absolute Gasteiger partial charge is 0.474 e. The van der Waals surface area contributed by atoms with E-state index < -0.39 is 20.4 Å². The van der Waals surface area contributed by atoms with E-state index in [9.17, 15) is 4.79 Å². The molecule has 0 heterocycles. The predicted molar refractivity (Wildman–Crippen MR) is 124 cm³/mol. The Hall–Kier alpha value is -2.37. The first-order chi connectivity index (χ1) is 14.1. The number of benzene rings is 2. The maximum atomic E-state index is 12.4. The molecule has 0 aromatic heterocycles. The first kappa shape index (κ1) is 23.9. The van der Waals surface area contributed by atoms with Crippen LogP contribution in [-0.4, -0.2) is 21.4 Å². The molecule has 162 valence electrons. The van der Waals surface area contributed by atoms with Crippen LogP contribution in [0.25, 0.3) is 0 Å². The van der Waals surface area contributed by atoms with Gasteiger partial charge in [0.05, 0.1) is 13.7 Å². The zero-order valence-electron chi connectivity index (χ0n) is 19.0. The van der Waals surface area contributed by atoms with Crippen LogP contribution in [0.5, 0.6) is 5.75 Å². The fraction of sp³-hybridized carbons (Fsp3) is 0.400. The smallest absolute Gasteiger partial charge is 0.351 e. The van der Waals surface area contributed by atoms with Crippen molar-refractivity contribution in [3.63, 3.8) is 0 Å². The average Bonchev–Trinajstić information content (AvgIpc) is 2.71. The molecule has 0 N–H and O–H groups in total. The number of ether oxygens (including phenoxy) is 2. The van der Waals surface area contributed by atoms with Crippen LogP contribution >= 0.6 is 0 Å². The third-order valence-electron chi connectivity index (χ3n) is 5.66. The van der Waals surface area contributed by atoms with Crippen molar-refractivity contribution < 1.29 is 18.7 Å². The van der Waals surface area contributed by atoms with Gasteiger partial charge in [-0.25, -0.2) is 4.79 Å². The topological polar surface area (TPSA) is 44.8 Å². The van der Waals surface area contributed by atoms with Crippen LogP contribution in [0.3, 0.4) is 0 Å². The highest BCUT2D eigenvalue weighted by Gasteiger charge is 2.37. The number of hydrogen-bond acceptors (Lipinski definition) is 4. The molecule has 0 radical (unpaired) electrons. The molecule has 0 aliphatic rings. The monoisotopic (exact) mass is 426 g/mol. The molecular weight excluding hydrogens is 392 g/mol. The predicted octanol–water partition coefficient (Wildman–Crippen LogP) is 6.23. The second-order valence-electron chi connectivity index (χ2n) is 8.92.